The molecule has 0 saturated carbocycles. The number of nitrogens with zero attached hydrogens (tertiary/aromatic N) is 5. The summed E-state index contributed by atoms with van der Waals surface area (Å²) in [5, 5.41) is 14.6. The topological polar surface area (TPSA) is 101 Å². The molecule has 2 amide bonds. The van der Waals surface area contributed by atoms with Crippen molar-refractivity contribution in [3.05, 3.63) is 10.6 Å². The first kappa shape index (κ1) is 15.8. The van der Waals surface area contributed by atoms with E-state index in [0.717, 1.165) is 11.5 Å². The zero-order valence-corrected chi connectivity index (χ0v) is 13.9. The van der Waals surface area contributed by atoms with Crippen LogP contribution in [0.15, 0.2) is 4.34 Å². The molecule has 0 aliphatic carbocycles. The van der Waals surface area contributed by atoms with Crippen molar-refractivity contribution in [3.8, 4) is 0 Å². The van der Waals surface area contributed by atoms with Gasteiger partial charge in [0.05, 0.1) is 11.4 Å². The summed E-state index contributed by atoms with van der Waals surface area (Å²) in [6, 6.07) is 0. The van der Waals surface area contributed by atoms with Gasteiger partial charge < -0.3 is 4.90 Å². The van der Waals surface area contributed by atoms with Crippen molar-refractivity contribution in [1.82, 2.24) is 24.7 Å². The van der Waals surface area contributed by atoms with Crippen molar-refractivity contribution in [2.75, 3.05) is 25.2 Å². The fraction of sp³-hybridized carbons (Fsp3) is 0.400. The second-order valence-electron chi connectivity index (χ2n) is 4.09. The zero-order valence-electron chi connectivity index (χ0n) is 11.5. The fourth-order valence-corrected chi connectivity index (χ4v) is 3.44. The Morgan fingerprint density at radius 2 is 2.05 bits per heavy atom. The smallest absolute Gasteiger partial charge is 0.271 e. The lowest BCUT2D eigenvalue weighted by Gasteiger charge is -2.07. The predicted octanol–water partition coefficient (Wildman–Crippen LogP) is 1.13. The molecule has 0 aliphatic heterocycles. The van der Waals surface area contributed by atoms with E-state index in [-0.39, 0.29) is 17.6 Å². The van der Waals surface area contributed by atoms with Gasteiger partial charge in [-0.15, -0.1) is 15.3 Å². The third kappa shape index (κ3) is 4.19. The summed E-state index contributed by atoms with van der Waals surface area (Å²) in [5.41, 5.74) is 0.577. The molecule has 11 heteroatoms. The van der Waals surface area contributed by atoms with Gasteiger partial charge in [0, 0.05) is 14.1 Å². The number of aryl methyl sites for hydroxylation is 1. The van der Waals surface area contributed by atoms with Crippen LogP contribution >= 0.6 is 34.6 Å². The normalized spacial score (nSPS) is 10.4. The van der Waals surface area contributed by atoms with Crippen LogP contribution < -0.4 is 5.32 Å². The van der Waals surface area contributed by atoms with Crippen LogP contribution in [-0.2, 0) is 4.79 Å². The van der Waals surface area contributed by atoms with Crippen LogP contribution in [-0.4, -0.2) is 56.3 Å². The summed E-state index contributed by atoms with van der Waals surface area (Å²) >= 11 is 3.53. The van der Waals surface area contributed by atoms with Gasteiger partial charge in [-0.05, 0) is 18.5 Å². The van der Waals surface area contributed by atoms with Gasteiger partial charge in [-0.2, -0.15) is 0 Å². The molecule has 0 fully saturated rings. The highest BCUT2D eigenvalue weighted by Gasteiger charge is 2.16. The van der Waals surface area contributed by atoms with Gasteiger partial charge in [0.2, 0.25) is 11.0 Å². The lowest BCUT2D eigenvalue weighted by atomic mass is 10.4. The molecule has 2 rings (SSSR count). The van der Waals surface area contributed by atoms with Crippen LogP contribution in [0.2, 0.25) is 0 Å². The Kier molecular flexibility index (Phi) is 5.20. The van der Waals surface area contributed by atoms with E-state index < -0.39 is 0 Å². The summed E-state index contributed by atoms with van der Waals surface area (Å²) in [7, 11) is 3.39. The van der Waals surface area contributed by atoms with Gasteiger partial charge in [-0.1, -0.05) is 27.6 Å². The lowest BCUT2D eigenvalue weighted by molar-refractivity contribution is -0.125. The highest BCUT2D eigenvalue weighted by Crippen LogP contribution is 2.26. The van der Waals surface area contributed by atoms with Crippen molar-refractivity contribution in [1.29, 1.82) is 0 Å². The van der Waals surface area contributed by atoms with Crippen LogP contribution in [0.5, 0.6) is 0 Å². The molecule has 21 heavy (non-hydrogen) atoms. The van der Waals surface area contributed by atoms with E-state index in [9.17, 15) is 9.59 Å². The van der Waals surface area contributed by atoms with Gasteiger partial charge in [-0.3, -0.25) is 14.9 Å². The highest BCUT2D eigenvalue weighted by molar-refractivity contribution is 8.01. The summed E-state index contributed by atoms with van der Waals surface area (Å²) in [6.45, 7) is 1.71. The van der Waals surface area contributed by atoms with E-state index in [2.05, 4.69) is 25.1 Å². The SMILES string of the molecule is Cc1nnsc1C(=O)Nc1nnc(SCC(=O)N(C)C)s1. The van der Waals surface area contributed by atoms with Crippen molar-refractivity contribution < 1.29 is 9.59 Å². The molecule has 0 saturated heterocycles. The third-order valence-corrected chi connectivity index (χ3v) is 5.09. The van der Waals surface area contributed by atoms with Gasteiger partial charge in [0.25, 0.3) is 5.91 Å². The predicted molar refractivity (Wildman–Crippen MR) is 81.9 cm³/mol. The minimum absolute atomic E-state index is 0.00727. The van der Waals surface area contributed by atoms with E-state index in [1.54, 1.807) is 21.0 Å². The minimum atomic E-state index is -0.306. The Morgan fingerprint density at radius 3 is 2.67 bits per heavy atom. The number of rotatable bonds is 5. The van der Waals surface area contributed by atoms with Gasteiger partial charge >= 0.3 is 0 Å². The van der Waals surface area contributed by atoms with Crippen LogP contribution in [0.3, 0.4) is 0 Å². The second kappa shape index (κ2) is 6.91. The standard InChI is InChI=1S/C10H12N6O2S3/c1-5-7(21-15-12-5)8(18)11-9-13-14-10(20-9)19-4-6(17)16(2)3/h4H2,1-3H3,(H,11,13,18). The molecule has 1 N–H and O–H groups in total. The maximum atomic E-state index is 12.0. The number of thioether (sulfide) groups is 1. The maximum absolute atomic E-state index is 12.0. The third-order valence-electron chi connectivity index (χ3n) is 2.30. The molecular weight excluding hydrogens is 332 g/mol. The Balaban J connectivity index is 1.93. The molecule has 0 radical (unpaired) electrons. The van der Waals surface area contributed by atoms with Crippen LogP contribution in [0.25, 0.3) is 0 Å². The number of nitrogens with one attached hydrogen (secondary N) is 1. The van der Waals surface area contributed by atoms with Gasteiger partial charge in [0.1, 0.15) is 4.88 Å². The molecule has 8 nitrogen and oxygen atoms in total. The van der Waals surface area contributed by atoms with Crippen LogP contribution in [0, 0.1) is 6.92 Å². The Hall–Kier alpha value is -1.59. The molecular formula is C10H12N6O2S3. The number of hydrogen-bond acceptors (Lipinski definition) is 9. The second-order valence-corrected chi connectivity index (χ2v) is 7.05. The molecule has 0 unspecified atom stereocenters. The molecule has 2 aromatic heterocycles. The molecule has 0 bridgehead atoms. The first-order valence-corrected chi connectivity index (χ1v) is 8.31. The van der Waals surface area contributed by atoms with E-state index in [1.807, 2.05) is 0 Å². The summed E-state index contributed by atoms with van der Waals surface area (Å²) in [6.07, 6.45) is 0. The minimum Gasteiger partial charge on any atom is -0.348 e. The van der Waals surface area contributed by atoms with Gasteiger partial charge in [-0.25, -0.2) is 0 Å². The Morgan fingerprint density at radius 1 is 1.29 bits per heavy atom. The Labute approximate surface area is 133 Å². The van der Waals surface area contributed by atoms with E-state index >= 15 is 0 Å². The lowest BCUT2D eigenvalue weighted by Crippen LogP contribution is -2.23. The number of amides is 2. The van der Waals surface area contributed by atoms with Crippen molar-refractivity contribution >= 4 is 51.6 Å². The molecule has 112 valence electrons. The zero-order chi connectivity index (χ0) is 15.4. The molecule has 0 aliphatic rings. The number of carbonyl (C=O) groups is 2. The largest absolute Gasteiger partial charge is 0.348 e. The number of anilines is 1. The first-order valence-electron chi connectivity index (χ1n) is 5.74. The van der Waals surface area contributed by atoms with Crippen molar-refractivity contribution in [3.63, 3.8) is 0 Å². The summed E-state index contributed by atoms with van der Waals surface area (Å²) in [4.78, 5) is 25.4. The molecule has 0 atom stereocenters. The van der Waals surface area contributed by atoms with Crippen LogP contribution in [0.4, 0.5) is 5.13 Å². The molecule has 2 heterocycles. The average molecular weight is 344 g/mol. The highest BCUT2D eigenvalue weighted by atomic mass is 32.2. The molecule has 0 aromatic carbocycles. The molecule has 2 aromatic rings. The Bertz CT molecular complexity index is 653. The fourth-order valence-electron chi connectivity index (χ4n) is 1.16. The average Bonchev–Trinajstić information content (AvgIpc) is 3.04. The van der Waals surface area contributed by atoms with Crippen molar-refractivity contribution in [2.24, 2.45) is 0 Å². The van der Waals surface area contributed by atoms with E-state index in [1.165, 1.54) is 28.0 Å². The van der Waals surface area contributed by atoms with E-state index in [0.29, 0.717) is 20.0 Å². The maximum Gasteiger partial charge on any atom is 0.271 e. The van der Waals surface area contributed by atoms with E-state index in [4.69, 9.17) is 0 Å². The first-order chi connectivity index (χ1) is 9.97. The molecule has 0 spiro atoms. The van der Waals surface area contributed by atoms with Crippen molar-refractivity contribution in [2.45, 2.75) is 11.3 Å². The van der Waals surface area contributed by atoms with Crippen LogP contribution in [0.1, 0.15) is 15.4 Å². The quantitative estimate of drug-likeness (QED) is 0.641. The summed E-state index contributed by atoms with van der Waals surface area (Å²) < 4.78 is 4.33. The monoisotopic (exact) mass is 344 g/mol. The summed E-state index contributed by atoms with van der Waals surface area (Å²) in [5.74, 6) is -0.0281. The number of hydrogen-bond donors (Lipinski definition) is 1. The number of aromatic nitrogens is 4. The number of carbonyl (C=O) groups excluding carboxylic acids is 2. The van der Waals surface area contributed by atoms with Gasteiger partial charge in [0.15, 0.2) is 4.34 Å².